The molecule has 0 bridgehead atoms. The van der Waals surface area contributed by atoms with Crippen molar-refractivity contribution in [1.29, 1.82) is 0 Å². The third-order valence-corrected chi connectivity index (χ3v) is 2.89. The molecule has 0 aromatic heterocycles. The van der Waals surface area contributed by atoms with Crippen LogP contribution in [0.4, 0.5) is 0 Å². The molecule has 0 fully saturated rings. The van der Waals surface area contributed by atoms with E-state index in [-0.39, 0.29) is 32.2 Å². The molecule has 0 amide bonds. The van der Waals surface area contributed by atoms with Crippen LogP contribution in [-0.4, -0.2) is 42.0 Å². The molecule has 0 saturated carbocycles. The molecule has 0 aromatic rings. The summed E-state index contributed by atoms with van der Waals surface area (Å²) in [4.78, 5) is 0. The summed E-state index contributed by atoms with van der Waals surface area (Å²) in [6.45, 7) is 2.57. The van der Waals surface area contributed by atoms with Gasteiger partial charge in [0, 0.05) is 13.2 Å². The van der Waals surface area contributed by atoms with Crippen LogP contribution in [0.15, 0.2) is 0 Å². The molecular formula is C8H21NO6S. The molecule has 8 heteroatoms. The van der Waals surface area contributed by atoms with E-state index >= 15 is 0 Å². The van der Waals surface area contributed by atoms with Crippen molar-refractivity contribution < 1.29 is 27.4 Å². The Balaban J connectivity index is 0. The molecule has 0 atom stereocenters. The Bertz CT molecular complexity index is 270. The van der Waals surface area contributed by atoms with Gasteiger partial charge in [0.25, 0.3) is 0 Å². The van der Waals surface area contributed by atoms with Crippen LogP contribution in [0.1, 0.15) is 26.7 Å². The number of hydrogen-bond acceptors (Lipinski definition) is 6. The average Bonchev–Trinajstić information content (AvgIpc) is 1.99. The molecule has 6 N–H and O–H groups in total. The summed E-state index contributed by atoms with van der Waals surface area (Å²) in [7, 11) is -4.78. The van der Waals surface area contributed by atoms with Crippen molar-refractivity contribution in [1.82, 2.24) is 6.15 Å². The van der Waals surface area contributed by atoms with Gasteiger partial charge in [-0.1, -0.05) is 0 Å². The number of rotatable bonds is 7. The fourth-order valence-electron chi connectivity index (χ4n) is 1.48. The summed E-state index contributed by atoms with van der Waals surface area (Å²) in [6, 6.07) is 0. The lowest BCUT2D eigenvalue weighted by atomic mass is 9.86. The zero-order valence-corrected chi connectivity index (χ0v) is 10.7. The molecule has 0 unspecified atom stereocenters. The third kappa shape index (κ3) is 7.09. The lowest BCUT2D eigenvalue weighted by Gasteiger charge is -2.34. The predicted octanol–water partition coefficient (Wildman–Crippen LogP) is -0.001000. The van der Waals surface area contributed by atoms with Crippen molar-refractivity contribution in [3.8, 4) is 0 Å². The Morgan fingerprint density at radius 2 is 1.62 bits per heavy atom. The summed E-state index contributed by atoms with van der Waals surface area (Å²) in [5.41, 5.74) is -1.22. The second-order valence-electron chi connectivity index (χ2n) is 3.82. The van der Waals surface area contributed by atoms with Gasteiger partial charge < -0.3 is 20.9 Å². The molecule has 0 aliphatic rings. The van der Waals surface area contributed by atoms with E-state index in [4.69, 9.17) is 10.2 Å². The molecule has 0 aliphatic carbocycles. The maximum atomic E-state index is 10.5. The van der Waals surface area contributed by atoms with Crippen molar-refractivity contribution >= 4 is 10.4 Å². The Morgan fingerprint density at radius 3 is 1.88 bits per heavy atom. The molecule has 7 nitrogen and oxygen atoms in total. The van der Waals surface area contributed by atoms with E-state index in [9.17, 15) is 13.0 Å². The predicted molar refractivity (Wildman–Crippen MR) is 57.7 cm³/mol. The van der Waals surface area contributed by atoms with E-state index in [1.54, 1.807) is 0 Å². The summed E-state index contributed by atoms with van der Waals surface area (Å²) in [6.07, 6.45) is 0.534. The Labute approximate surface area is 96.0 Å². The highest BCUT2D eigenvalue weighted by molar-refractivity contribution is 7.80. The maximum absolute atomic E-state index is 10.5. The minimum atomic E-state index is -4.78. The molecular weight excluding hydrogens is 238 g/mol. The van der Waals surface area contributed by atoms with E-state index < -0.39 is 21.9 Å². The average molecular weight is 259 g/mol. The lowest BCUT2D eigenvalue weighted by Crippen LogP contribution is -2.37. The third-order valence-electron chi connectivity index (χ3n) is 2.26. The van der Waals surface area contributed by atoms with Gasteiger partial charge in [0.05, 0.1) is 5.60 Å². The highest BCUT2D eigenvalue weighted by Gasteiger charge is 2.31. The first kappa shape index (κ1) is 18.1. The topological polar surface area (TPSA) is 143 Å². The van der Waals surface area contributed by atoms with Crippen molar-refractivity contribution in [2.24, 2.45) is 5.92 Å². The zero-order chi connectivity index (χ0) is 12.1. The molecule has 0 aliphatic heterocycles. The first-order chi connectivity index (χ1) is 6.73. The zero-order valence-electron chi connectivity index (χ0n) is 9.84. The van der Waals surface area contributed by atoms with Gasteiger partial charge in [-0.3, -0.25) is 4.18 Å². The Hall–Kier alpha value is -0.250. The van der Waals surface area contributed by atoms with Crippen LogP contribution >= 0.6 is 0 Å². The number of hydrogen-bond donors (Lipinski definition) is 3. The van der Waals surface area contributed by atoms with E-state index in [1.807, 2.05) is 0 Å². The van der Waals surface area contributed by atoms with Crippen molar-refractivity contribution in [3.05, 3.63) is 0 Å². The maximum Gasteiger partial charge on any atom is 0.218 e. The molecule has 100 valence electrons. The van der Waals surface area contributed by atoms with E-state index in [0.717, 1.165) is 0 Å². The molecule has 0 radical (unpaired) electrons. The highest BCUT2D eigenvalue weighted by atomic mass is 32.3. The molecule has 0 spiro atoms. The normalized spacial score (nSPS) is 12.6. The van der Waals surface area contributed by atoms with Crippen LogP contribution < -0.4 is 6.15 Å². The van der Waals surface area contributed by atoms with Gasteiger partial charge in [0.1, 0.15) is 0 Å². The van der Waals surface area contributed by atoms with Crippen LogP contribution in [0.3, 0.4) is 0 Å². The van der Waals surface area contributed by atoms with Crippen LogP contribution in [0.5, 0.6) is 0 Å². The monoisotopic (exact) mass is 259 g/mol. The minimum Gasteiger partial charge on any atom is -0.726 e. The Morgan fingerprint density at radius 1 is 1.25 bits per heavy atom. The van der Waals surface area contributed by atoms with Crippen LogP contribution in [0, 0.1) is 5.92 Å². The molecule has 16 heavy (non-hydrogen) atoms. The van der Waals surface area contributed by atoms with Crippen LogP contribution in [0.2, 0.25) is 0 Å². The van der Waals surface area contributed by atoms with E-state index in [0.29, 0.717) is 0 Å². The number of aliphatic hydroxyl groups excluding tert-OH is 2. The van der Waals surface area contributed by atoms with Gasteiger partial charge >= 0.3 is 0 Å². The van der Waals surface area contributed by atoms with Gasteiger partial charge in [-0.2, -0.15) is 0 Å². The first-order valence-electron chi connectivity index (χ1n) is 4.61. The standard InChI is InChI=1S/C8H18O6S.H3N/c1-8(2,14-15(11,12)13)7(3-5-9)4-6-10;/h7,9-10H,3-6H2,1-2H3,(H,11,12,13);1H3. The summed E-state index contributed by atoms with van der Waals surface area (Å²) in [5, 5.41) is 17.5. The summed E-state index contributed by atoms with van der Waals surface area (Å²) in [5.74, 6) is -0.392. The fourth-order valence-corrected chi connectivity index (χ4v) is 2.14. The first-order valence-corrected chi connectivity index (χ1v) is 5.94. The molecule has 0 rings (SSSR count). The van der Waals surface area contributed by atoms with Crippen LogP contribution in [-0.2, 0) is 14.6 Å². The van der Waals surface area contributed by atoms with Gasteiger partial charge in [-0.25, -0.2) is 8.42 Å². The second kappa shape index (κ2) is 7.15. The van der Waals surface area contributed by atoms with Gasteiger partial charge in [-0.15, -0.1) is 0 Å². The van der Waals surface area contributed by atoms with E-state index in [2.05, 4.69) is 4.18 Å². The van der Waals surface area contributed by atoms with Crippen LogP contribution in [0.25, 0.3) is 0 Å². The highest BCUT2D eigenvalue weighted by Crippen LogP contribution is 2.28. The largest absolute Gasteiger partial charge is 0.726 e. The van der Waals surface area contributed by atoms with Crippen molar-refractivity contribution in [2.45, 2.75) is 32.3 Å². The molecule has 0 heterocycles. The van der Waals surface area contributed by atoms with Gasteiger partial charge in [0.15, 0.2) is 0 Å². The smallest absolute Gasteiger partial charge is 0.218 e. The quantitative estimate of drug-likeness (QED) is 0.433. The van der Waals surface area contributed by atoms with Gasteiger partial charge in [0.2, 0.25) is 10.4 Å². The Kier molecular flexibility index (Phi) is 8.10. The summed E-state index contributed by atoms with van der Waals surface area (Å²) < 4.78 is 35.8. The van der Waals surface area contributed by atoms with Crippen molar-refractivity contribution in [2.75, 3.05) is 13.2 Å². The van der Waals surface area contributed by atoms with E-state index in [1.165, 1.54) is 13.8 Å². The molecule has 0 aromatic carbocycles. The SMILES string of the molecule is CC(C)(OS(=O)(=O)[O-])C(CCO)CCO.[NH4+]. The lowest BCUT2D eigenvalue weighted by molar-refractivity contribution is 0.0140. The second-order valence-corrected chi connectivity index (χ2v) is 4.80. The number of aliphatic hydroxyl groups is 2. The van der Waals surface area contributed by atoms with Gasteiger partial charge in [-0.05, 0) is 32.6 Å². The minimum absolute atomic E-state index is 0. The fraction of sp³-hybridized carbons (Fsp3) is 1.00. The molecule has 0 saturated heterocycles. The van der Waals surface area contributed by atoms with Crippen molar-refractivity contribution in [3.63, 3.8) is 0 Å². The summed E-state index contributed by atoms with van der Waals surface area (Å²) >= 11 is 0. The number of quaternary nitrogens is 1.